The molecule has 170 valence electrons. The monoisotopic (exact) mass is 463 g/mol. The molecule has 2 aromatic carbocycles. The van der Waals surface area contributed by atoms with Crippen molar-refractivity contribution in [1.82, 2.24) is 5.32 Å². The summed E-state index contributed by atoms with van der Waals surface area (Å²) in [5, 5.41) is 2.66. The number of nitrogens with one attached hydrogen (secondary N) is 1. The van der Waals surface area contributed by atoms with E-state index in [2.05, 4.69) is 39.2 Å². The summed E-state index contributed by atoms with van der Waals surface area (Å²) in [6.07, 6.45) is -0.670. The van der Waals surface area contributed by atoms with Crippen molar-refractivity contribution in [2.45, 2.75) is 56.4 Å². The summed E-state index contributed by atoms with van der Waals surface area (Å²) < 4.78 is 37.3. The zero-order valence-corrected chi connectivity index (χ0v) is 20.7. The van der Waals surface area contributed by atoms with E-state index >= 15 is 0 Å². The van der Waals surface area contributed by atoms with Crippen LogP contribution >= 0.6 is 0 Å². The molecule has 0 aliphatic carbocycles. The Labute approximate surface area is 187 Å². The van der Waals surface area contributed by atoms with Crippen LogP contribution in [0, 0.1) is 0 Å². The highest BCUT2D eigenvalue weighted by Gasteiger charge is 2.38. The van der Waals surface area contributed by atoms with Crippen LogP contribution in [-0.2, 0) is 25.6 Å². The van der Waals surface area contributed by atoms with Crippen molar-refractivity contribution in [3.63, 3.8) is 0 Å². The largest absolute Gasteiger partial charge is 0.445 e. The number of hydrogen-bond acceptors (Lipinski definition) is 5. The lowest BCUT2D eigenvalue weighted by atomic mass is 10.2. The Morgan fingerprint density at radius 2 is 1.55 bits per heavy atom. The van der Waals surface area contributed by atoms with E-state index in [1.165, 1.54) is 0 Å². The fraction of sp³-hybridized carbons (Fsp3) is 0.435. The van der Waals surface area contributed by atoms with Crippen LogP contribution in [0.1, 0.15) is 26.3 Å². The lowest BCUT2D eigenvalue weighted by molar-refractivity contribution is 0.131. The first kappa shape index (κ1) is 25.1. The number of hydrogen-bond donors (Lipinski definition) is 1. The summed E-state index contributed by atoms with van der Waals surface area (Å²) in [6.45, 7) is 10.7. The van der Waals surface area contributed by atoms with Crippen LogP contribution < -0.4 is 5.32 Å². The summed E-state index contributed by atoms with van der Waals surface area (Å²) in [4.78, 5) is 12.6. The maximum Gasteiger partial charge on any atom is 0.407 e. The number of sulfone groups is 1. The summed E-state index contributed by atoms with van der Waals surface area (Å²) in [5.41, 5.74) is 0.851. The molecule has 0 spiro atoms. The number of carbonyl (C=O) groups is 1. The van der Waals surface area contributed by atoms with Gasteiger partial charge >= 0.3 is 6.09 Å². The SMILES string of the molecule is CC(C)(C)[Si](C)(C)OC[C@H](CS(=O)(=O)c1ccccc1)NC(=O)OCc1ccccc1. The smallest absolute Gasteiger partial charge is 0.407 e. The van der Waals surface area contributed by atoms with Crippen LogP contribution in [0.5, 0.6) is 0 Å². The molecule has 0 bridgehead atoms. The topological polar surface area (TPSA) is 81.7 Å². The summed E-state index contributed by atoms with van der Waals surface area (Å²) in [6, 6.07) is 16.8. The van der Waals surface area contributed by atoms with Gasteiger partial charge in [-0.05, 0) is 35.8 Å². The molecule has 2 aromatic rings. The van der Waals surface area contributed by atoms with E-state index < -0.39 is 30.3 Å². The highest BCUT2D eigenvalue weighted by atomic mass is 32.2. The number of amides is 1. The molecule has 2 rings (SSSR count). The molecule has 31 heavy (non-hydrogen) atoms. The first-order chi connectivity index (χ1) is 14.4. The van der Waals surface area contributed by atoms with Gasteiger partial charge in [-0.25, -0.2) is 13.2 Å². The minimum Gasteiger partial charge on any atom is -0.445 e. The van der Waals surface area contributed by atoms with Crippen molar-refractivity contribution in [1.29, 1.82) is 0 Å². The third-order valence-electron chi connectivity index (χ3n) is 5.51. The van der Waals surface area contributed by atoms with Crippen molar-refractivity contribution < 1.29 is 22.4 Å². The van der Waals surface area contributed by atoms with Gasteiger partial charge in [0.05, 0.1) is 23.3 Å². The summed E-state index contributed by atoms with van der Waals surface area (Å²) >= 11 is 0. The molecule has 0 heterocycles. The normalized spacial score (nSPS) is 13.5. The second-order valence-corrected chi connectivity index (χ2v) is 15.9. The number of benzene rings is 2. The van der Waals surface area contributed by atoms with E-state index in [0.29, 0.717) is 0 Å². The van der Waals surface area contributed by atoms with E-state index in [-0.39, 0.29) is 28.9 Å². The van der Waals surface area contributed by atoms with Crippen molar-refractivity contribution in [2.24, 2.45) is 0 Å². The van der Waals surface area contributed by atoms with Gasteiger partial charge in [0, 0.05) is 0 Å². The van der Waals surface area contributed by atoms with E-state index in [1.807, 2.05) is 30.3 Å². The number of rotatable bonds is 9. The molecule has 1 atom stereocenters. The molecule has 0 fully saturated rings. The molecule has 0 radical (unpaired) electrons. The average Bonchev–Trinajstić information content (AvgIpc) is 2.71. The van der Waals surface area contributed by atoms with Gasteiger partial charge < -0.3 is 14.5 Å². The minimum absolute atomic E-state index is 0.0380. The van der Waals surface area contributed by atoms with Crippen molar-refractivity contribution >= 4 is 24.2 Å². The Bertz CT molecular complexity index is 941. The molecular weight excluding hydrogens is 430 g/mol. The molecule has 0 saturated heterocycles. The quantitative estimate of drug-likeness (QED) is 0.541. The van der Waals surface area contributed by atoms with Gasteiger partial charge in [0.2, 0.25) is 0 Å². The molecule has 0 aromatic heterocycles. The van der Waals surface area contributed by atoms with Gasteiger partial charge in [-0.2, -0.15) is 0 Å². The maximum atomic E-state index is 12.9. The first-order valence-corrected chi connectivity index (χ1v) is 14.9. The Balaban J connectivity index is 2.10. The molecular formula is C23H33NO5SSi. The van der Waals surface area contributed by atoms with Gasteiger partial charge in [0.25, 0.3) is 0 Å². The van der Waals surface area contributed by atoms with Crippen LogP contribution in [-0.4, -0.2) is 41.2 Å². The van der Waals surface area contributed by atoms with Crippen molar-refractivity contribution in [3.05, 3.63) is 66.2 Å². The van der Waals surface area contributed by atoms with Gasteiger partial charge in [0.15, 0.2) is 18.2 Å². The second kappa shape index (κ2) is 10.4. The van der Waals surface area contributed by atoms with E-state index in [1.54, 1.807) is 30.3 Å². The third kappa shape index (κ3) is 7.79. The predicted octanol–water partition coefficient (Wildman–Crippen LogP) is 4.78. The molecule has 8 heteroatoms. The Hall–Kier alpha value is -2.16. The minimum atomic E-state index is -3.61. The lowest BCUT2D eigenvalue weighted by Gasteiger charge is -2.37. The van der Waals surface area contributed by atoms with Gasteiger partial charge in [0.1, 0.15) is 6.61 Å². The maximum absolute atomic E-state index is 12.9. The summed E-state index contributed by atoms with van der Waals surface area (Å²) in [7, 11) is -5.74. The van der Waals surface area contributed by atoms with E-state index in [9.17, 15) is 13.2 Å². The Morgan fingerprint density at radius 3 is 2.10 bits per heavy atom. The Morgan fingerprint density at radius 1 is 1.00 bits per heavy atom. The highest BCUT2D eigenvalue weighted by Crippen LogP contribution is 2.36. The predicted molar refractivity (Wildman–Crippen MR) is 125 cm³/mol. The molecule has 0 aliphatic heterocycles. The van der Waals surface area contributed by atoms with Gasteiger partial charge in [-0.1, -0.05) is 69.3 Å². The van der Waals surface area contributed by atoms with Crippen LogP contribution in [0.15, 0.2) is 65.6 Å². The number of alkyl carbamates (subject to hydrolysis) is 1. The van der Waals surface area contributed by atoms with Crippen molar-refractivity contribution in [2.75, 3.05) is 12.4 Å². The average molecular weight is 464 g/mol. The van der Waals surface area contributed by atoms with Crippen LogP contribution in [0.2, 0.25) is 18.1 Å². The first-order valence-electron chi connectivity index (χ1n) is 10.3. The molecule has 1 amide bonds. The molecule has 0 unspecified atom stereocenters. The fourth-order valence-corrected chi connectivity index (χ4v) is 5.10. The van der Waals surface area contributed by atoms with Gasteiger partial charge in [-0.3, -0.25) is 0 Å². The standard InChI is InChI=1S/C23H33NO5SSi/c1-23(2,3)31(4,5)29-17-20(18-30(26,27)21-14-10-7-11-15-21)24-22(25)28-16-19-12-8-6-9-13-19/h6-15,20H,16-18H2,1-5H3,(H,24,25)/t20-/m1/s1. The van der Waals surface area contributed by atoms with E-state index in [4.69, 9.17) is 9.16 Å². The zero-order valence-electron chi connectivity index (χ0n) is 18.9. The Kier molecular flexibility index (Phi) is 8.45. The molecule has 0 saturated carbocycles. The van der Waals surface area contributed by atoms with E-state index in [0.717, 1.165) is 5.56 Å². The molecule has 0 aliphatic rings. The van der Waals surface area contributed by atoms with Gasteiger partial charge in [-0.15, -0.1) is 0 Å². The molecule has 6 nitrogen and oxygen atoms in total. The number of carbonyl (C=O) groups excluding carboxylic acids is 1. The fourth-order valence-electron chi connectivity index (χ4n) is 2.58. The zero-order chi connectivity index (χ0) is 23.1. The van der Waals surface area contributed by atoms with Crippen LogP contribution in [0.3, 0.4) is 0 Å². The highest BCUT2D eigenvalue weighted by molar-refractivity contribution is 7.91. The second-order valence-electron chi connectivity index (χ2n) is 9.07. The third-order valence-corrected chi connectivity index (χ3v) is 11.8. The van der Waals surface area contributed by atoms with Crippen LogP contribution in [0.4, 0.5) is 4.79 Å². The van der Waals surface area contributed by atoms with Crippen molar-refractivity contribution in [3.8, 4) is 0 Å². The summed E-state index contributed by atoms with van der Waals surface area (Å²) in [5.74, 6) is -0.272. The molecule has 1 N–H and O–H groups in total. The lowest BCUT2D eigenvalue weighted by Crippen LogP contribution is -2.48. The van der Waals surface area contributed by atoms with Crippen LogP contribution in [0.25, 0.3) is 0 Å². The number of ether oxygens (including phenoxy) is 1.